The molecule has 0 aliphatic rings. The van der Waals surface area contributed by atoms with Gasteiger partial charge in [0.1, 0.15) is 0 Å². The Morgan fingerprint density at radius 2 is 1.62 bits per heavy atom. The van der Waals surface area contributed by atoms with Gasteiger partial charge in [-0.05, 0) is 54.5 Å². The molecule has 0 radical (unpaired) electrons. The Morgan fingerprint density at radius 1 is 1.00 bits per heavy atom. The van der Waals surface area contributed by atoms with Gasteiger partial charge in [0, 0.05) is 13.1 Å². The predicted molar refractivity (Wildman–Crippen MR) is 119 cm³/mol. The third-order valence-corrected chi connectivity index (χ3v) is 5.53. The van der Waals surface area contributed by atoms with E-state index in [4.69, 9.17) is 5.14 Å². The summed E-state index contributed by atoms with van der Waals surface area (Å²) in [5.74, 6) is 1.30. The summed E-state index contributed by atoms with van der Waals surface area (Å²) in [5.41, 5.74) is 3.62. The van der Waals surface area contributed by atoms with Crippen LogP contribution in [0.1, 0.15) is 49.8 Å². The Labute approximate surface area is 174 Å². The van der Waals surface area contributed by atoms with Crippen molar-refractivity contribution in [2.75, 3.05) is 13.1 Å². The number of primary sulfonamides is 1. The van der Waals surface area contributed by atoms with Gasteiger partial charge < -0.3 is 10.6 Å². The van der Waals surface area contributed by atoms with Gasteiger partial charge >= 0.3 is 0 Å². The quantitative estimate of drug-likeness (QED) is 0.332. The van der Waals surface area contributed by atoms with Crippen molar-refractivity contribution in [1.82, 2.24) is 10.6 Å². The first-order valence-electron chi connectivity index (χ1n) is 10.0. The smallest absolute Gasteiger partial charge is 0.238 e. The fraction of sp³-hybridized carbons (Fsp3) is 0.409. The number of aryl methyl sites for hydroxylation is 1. The SMILES string of the molecule is CCNC(=NCc1ccc(S(N)(=O)=O)cc1)NCCCc1ccc(C(C)C)cc1. The van der Waals surface area contributed by atoms with Crippen LogP contribution in [0, 0.1) is 0 Å². The van der Waals surface area contributed by atoms with Crippen LogP contribution >= 0.6 is 0 Å². The van der Waals surface area contributed by atoms with Gasteiger partial charge in [0.05, 0.1) is 11.4 Å². The molecule has 0 unspecified atom stereocenters. The lowest BCUT2D eigenvalue weighted by molar-refractivity contribution is 0.598. The maximum Gasteiger partial charge on any atom is 0.238 e. The Bertz CT molecular complexity index is 889. The van der Waals surface area contributed by atoms with Gasteiger partial charge in [-0.2, -0.15) is 0 Å². The van der Waals surface area contributed by atoms with Crippen molar-refractivity contribution in [3.63, 3.8) is 0 Å². The molecule has 0 aliphatic carbocycles. The molecule has 0 amide bonds. The molecule has 0 spiro atoms. The number of sulfonamides is 1. The highest BCUT2D eigenvalue weighted by Gasteiger charge is 2.06. The van der Waals surface area contributed by atoms with Crippen LogP contribution in [0.15, 0.2) is 58.4 Å². The Hall–Kier alpha value is -2.38. The largest absolute Gasteiger partial charge is 0.357 e. The maximum absolute atomic E-state index is 11.3. The molecule has 158 valence electrons. The third kappa shape index (κ3) is 7.87. The first kappa shape index (κ1) is 22.9. The van der Waals surface area contributed by atoms with E-state index in [0.717, 1.165) is 37.5 Å². The average Bonchev–Trinajstić information content (AvgIpc) is 2.69. The zero-order chi connectivity index (χ0) is 21.3. The van der Waals surface area contributed by atoms with Crippen molar-refractivity contribution in [3.8, 4) is 0 Å². The minimum Gasteiger partial charge on any atom is -0.357 e. The lowest BCUT2D eigenvalue weighted by Gasteiger charge is -2.12. The van der Waals surface area contributed by atoms with E-state index < -0.39 is 10.0 Å². The van der Waals surface area contributed by atoms with Crippen LogP contribution < -0.4 is 15.8 Å². The molecule has 0 aliphatic heterocycles. The molecule has 0 fully saturated rings. The summed E-state index contributed by atoms with van der Waals surface area (Å²) in [6.45, 7) is 8.48. The van der Waals surface area contributed by atoms with E-state index in [2.05, 4.69) is 53.7 Å². The summed E-state index contributed by atoms with van der Waals surface area (Å²) in [4.78, 5) is 4.67. The molecule has 6 nitrogen and oxygen atoms in total. The van der Waals surface area contributed by atoms with Gasteiger partial charge in [-0.25, -0.2) is 18.5 Å². The second-order valence-corrected chi connectivity index (χ2v) is 8.87. The van der Waals surface area contributed by atoms with Crippen LogP contribution in [-0.2, 0) is 23.0 Å². The third-order valence-electron chi connectivity index (χ3n) is 4.60. The number of hydrogen-bond donors (Lipinski definition) is 3. The first-order valence-corrected chi connectivity index (χ1v) is 11.6. The standard InChI is InChI=1S/C22H32N4O2S/c1-4-24-22(26-16-19-9-13-21(14-10-19)29(23,27)28)25-15-5-6-18-7-11-20(12-8-18)17(2)3/h7-14,17H,4-6,15-16H2,1-3H3,(H2,23,27,28)(H2,24,25,26). The minimum atomic E-state index is -3.66. The van der Waals surface area contributed by atoms with Crippen molar-refractivity contribution in [3.05, 3.63) is 65.2 Å². The van der Waals surface area contributed by atoms with Gasteiger partial charge in [0.15, 0.2) is 5.96 Å². The summed E-state index contributed by atoms with van der Waals surface area (Å²) in [5, 5.41) is 11.7. The van der Waals surface area contributed by atoms with E-state index in [9.17, 15) is 8.42 Å². The number of guanidine groups is 1. The predicted octanol–water partition coefficient (Wildman–Crippen LogP) is 3.15. The van der Waals surface area contributed by atoms with Crippen LogP contribution in [0.25, 0.3) is 0 Å². The topological polar surface area (TPSA) is 96.6 Å². The number of nitrogens with zero attached hydrogens (tertiary/aromatic N) is 1. The summed E-state index contributed by atoms with van der Waals surface area (Å²) in [7, 11) is -3.66. The molecule has 2 rings (SSSR count). The molecule has 0 atom stereocenters. The van der Waals surface area contributed by atoms with E-state index in [1.807, 2.05) is 6.92 Å². The molecule has 4 N–H and O–H groups in total. The lowest BCUT2D eigenvalue weighted by atomic mass is 10.0. The van der Waals surface area contributed by atoms with Gasteiger partial charge in [-0.15, -0.1) is 0 Å². The zero-order valence-electron chi connectivity index (χ0n) is 17.5. The van der Waals surface area contributed by atoms with Crippen LogP contribution in [0.2, 0.25) is 0 Å². The zero-order valence-corrected chi connectivity index (χ0v) is 18.3. The molecule has 0 heterocycles. The highest BCUT2D eigenvalue weighted by atomic mass is 32.2. The molecule has 7 heteroatoms. The highest BCUT2D eigenvalue weighted by Crippen LogP contribution is 2.15. The van der Waals surface area contributed by atoms with Crippen LogP contribution in [0.4, 0.5) is 0 Å². The van der Waals surface area contributed by atoms with Gasteiger partial charge in [-0.1, -0.05) is 50.2 Å². The van der Waals surface area contributed by atoms with Gasteiger partial charge in [0.25, 0.3) is 0 Å². The molecule has 2 aromatic rings. The monoisotopic (exact) mass is 416 g/mol. The normalized spacial score (nSPS) is 12.2. The van der Waals surface area contributed by atoms with E-state index in [-0.39, 0.29) is 4.90 Å². The van der Waals surface area contributed by atoms with Crippen molar-refractivity contribution >= 4 is 16.0 Å². The van der Waals surface area contributed by atoms with Crippen LogP contribution in [0.5, 0.6) is 0 Å². The van der Waals surface area contributed by atoms with Gasteiger partial charge in [-0.3, -0.25) is 0 Å². The fourth-order valence-electron chi connectivity index (χ4n) is 2.87. The number of rotatable bonds is 9. The maximum atomic E-state index is 11.3. The second kappa shape index (κ2) is 11.0. The average molecular weight is 417 g/mol. The minimum absolute atomic E-state index is 0.108. The number of hydrogen-bond acceptors (Lipinski definition) is 3. The molecular weight excluding hydrogens is 384 g/mol. The molecule has 0 saturated heterocycles. The number of aliphatic imine (C=N–C) groups is 1. The van der Waals surface area contributed by atoms with Gasteiger partial charge in [0.2, 0.25) is 10.0 Å². The van der Waals surface area contributed by atoms with E-state index in [1.54, 1.807) is 12.1 Å². The summed E-state index contributed by atoms with van der Waals surface area (Å²) < 4.78 is 22.6. The molecular formula is C22H32N4O2S. The number of benzene rings is 2. The van der Waals surface area contributed by atoms with Crippen LogP contribution in [-0.4, -0.2) is 27.5 Å². The molecule has 0 bridgehead atoms. The number of nitrogens with one attached hydrogen (secondary N) is 2. The summed E-state index contributed by atoms with van der Waals surface area (Å²) in [6.07, 6.45) is 2.02. The Morgan fingerprint density at radius 3 is 2.17 bits per heavy atom. The fourth-order valence-corrected chi connectivity index (χ4v) is 3.38. The lowest BCUT2D eigenvalue weighted by Crippen LogP contribution is -2.37. The summed E-state index contributed by atoms with van der Waals surface area (Å²) in [6, 6.07) is 15.3. The molecule has 0 aromatic heterocycles. The Balaban J connectivity index is 1.84. The van der Waals surface area contributed by atoms with Crippen molar-refractivity contribution in [2.45, 2.75) is 51.0 Å². The van der Waals surface area contributed by atoms with Crippen molar-refractivity contribution in [1.29, 1.82) is 0 Å². The first-order chi connectivity index (χ1) is 13.8. The van der Waals surface area contributed by atoms with Crippen LogP contribution in [0.3, 0.4) is 0 Å². The summed E-state index contributed by atoms with van der Waals surface area (Å²) >= 11 is 0. The number of nitrogens with two attached hydrogens (primary N) is 1. The molecule has 2 aromatic carbocycles. The van der Waals surface area contributed by atoms with E-state index >= 15 is 0 Å². The Kier molecular flexibility index (Phi) is 8.67. The van der Waals surface area contributed by atoms with E-state index in [0.29, 0.717) is 12.5 Å². The van der Waals surface area contributed by atoms with E-state index in [1.165, 1.54) is 23.3 Å². The van der Waals surface area contributed by atoms with Crippen molar-refractivity contribution < 1.29 is 8.42 Å². The molecule has 0 saturated carbocycles. The molecule has 29 heavy (non-hydrogen) atoms. The van der Waals surface area contributed by atoms with Crippen molar-refractivity contribution in [2.24, 2.45) is 10.1 Å². The highest BCUT2D eigenvalue weighted by molar-refractivity contribution is 7.89. The second-order valence-electron chi connectivity index (χ2n) is 7.31.